The molecule has 0 unspecified atom stereocenters. The second-order valence-electron chi connectivity index (χ2n) is 16.1. The molecule has 1 N–H and O–H groups in total. The maximum atomic E-state index is 14.3. The Morgan fingerprint density at radius 2 is 1.75 bits per heavy atom. The number of pyridine rings is 1. The molecular formula is C40H45F6N7O5S. The Morgan fingerprint density at radius 3 is 2.41 bits per heavy atom. The number of piperazine rings is 1. The van der Waals surface area contributed by atoms with Crippen molar-refractivity contribution < 1.29 is 50.3 Å². The molecule has 0 radical (unpaired) electrons. The largest absolute Gasteiger partial charge is 0.419 e. The smallest absolute Gasteiger partial charge is 0.377 e. The first-order valence-electron chi connectivity index (χ1n) is 19.5. The summed E-state index contributed by atoms with van der Waals surface area (Å²) in [6.07, 6.45) is -5.41. The Balaban J connectivity index is 0.971. The number of anilines is 1. The van der Waals surface area contributed by atoms with Crippen molar-refractivity contribution in [1.82, 2.24) is 25.0 Å². The number of amides is 3. The average molecular weight is 850 g/mol. The molecule has 4 fully saturated rings. The second-order valence-corrected chi connectivity index (χ2v) is 16.4. The summed E-state index contributed by atoms with van der Waals surface area (Å²) in [5, 5.41) is 11.5. The fourth-order valence-corrected chi connectivity index (χ4v) is 9.09. The number of ketones is 1. The summed E-state index contributed by atoms with van der Waals surface area (Å²) < 4.78 is 90.1. The molecule has 318 valence electrons. The summed E-state index contributed by atoms with van der Waals surface area (Å²) >= 11 is 5.65. The van der Waals surface area contributed by atoms with Crippen LogP contribution in [-0.4, -0.2) is 118 Å². The molecule has 6 rings (SSSR count). The van der Waals surface area contributed by atoms with Crippen molar-refractivity contribution in [3.63, 3.8) is 0 Å². The van der Waals surface area contributed by atoms with Gasteiger partial charge in [0.2, 0.25) is 11.8 Å². The van der Waals surface area contributed by atoms with Gasteiger partial charge in [-0.3, -0.25) is 39.2 Å². The van der Waals surface area contributed by atoms with Gasteiger partial charge in [0, 0.05) is 51.0 Å². The number of alkyl halides is 6. The minimum absolute atomic E-state index is 0.0281. The Hall–Kier alpha value is -4.51. The highest BCUT2D eigenvalue weighted by molar-refractivity contribution is 7.80. The Kier molecular flexibility index (Phi) is 13.1. The van der Waals surface area contributed by atoms with Gasteiger partial charge < -0.3 is 9.64 Å². The zero-order chi connectivity index (χ0) is 42.9. The zero-order valence-corrected chi connectivity index (χ0v) is 33.4. The maximum absolute atomic E-state index is 14.3. The summed E-state index contributed by atoms with van der Waals surface area (Å²) in [6, 6.07) is 7.11. The van der Waals surface area contributed by atoms with Gasteiger partial charge in [0.05, 0.1) is 36.7 Å². The van der Waals surface area contributed by atoms with Crippen molar-refractivity contribution >= 4 is 46.5 Å². The molecule has 1 aromatic heterocycles. The first-order valence-corrected chi connectivity index (χ1v) is 19.9. The van der Waals surface area contributed by atoms with Crippen LogP contribution in [0.15, 0.2) is 36.5 Å². The number of halogens is 6. The number of hydrogen-bond acceptors (Lipinski definition) is 10. The molecule has 12 nitrogen and oxygen atoms in total. The molecule has 0 spiro atoms. The third-order valence-corrected chi connectivity index (χ3v) is 12.0. The molecule has 59 heavy (non-hydrogen) atoms. The number of hydrogen-bond donors (Lipinski definition) is 1. The van der Waals surface area contributed by atoms with E-state index in [1.807, 2.05) is 6.07 Å². The van der Waals surface area contributed by atoms with E-state index in [2.05, 4.69) is 10.3 Å². The maximum Gasteiger partial charge on any atom is 0.419 e. The summed E-state index contributed by atoms with van der Waals surface area (Å²) in [5.74, 6) is -1.91. The molecule has 2 aromatic rings. The summed E-state index contributed by atoms with van der Waals surface area (Å²) in [6.45, 7) is 3.37. The Bertz CT molecular complexity index is 2000. The van der Waals surface area contributed by atoms with Crippen LogP contribution < -0.4 is 10.2 Å². The number of thiocarbonyl (C=S) groups is 1. The summed E-state index contributed by atoms with van der Waals surface area (Å²) in [4.78, 5) is 59.6. The van der Waals surface area contributed by atoms with Crippen LogP contribution in [0.25, 0.3) is 0 Å². The molecule has 3 aliphatic heterocycles. The minimum Gasteiger partial charge on any atom is -0.377 e. The van der Waals surface area contributed by atoms with E-state index in [-0.39, 0.29) is 92.1 Å². The van der Waals surface area contributed by atoms with Crippen LogP contribution in [0.4, 0.5) is 32.0 Å². The van der Waals surface area contributed by atoms with Gasteiger partial charge in [0.1, 0.15) is 17.6 Å². The first kappa shape index (κ1) is 44.1. The summed E-state index contributed by atoms with van der Waals surface area (Å²) in [7, 11) is 0. The summed E-state index contributed by atoms with van der Waals surface area (Å²) in [5.41, 5.74) is -2.02. The van der Waals surface area contributed by atoms with Gasteiger partial charge in [-0.2, -0.15) is 31.6 Å². The zero-order valence-electron chi connectivity index (χ0n) is 32.6. The number of nitriles is 1. The van der Waals surface area contributed by atoms with Gasteiger partial charge in [-0.25, -0.2) is 4.98 Å². The molecule has 4 heterocycles. The number of Topliss-reactive ketones (excluding diaryl/α,β-unsaturated/α-hetero) is 1. The Morgan fingerprint density at radius 1 is 1.03 bits per heavy atom. The van der Waals surface area contributed by atoms with Gasteiger partial charge in [-0.05, 0) is 81.8 Å². The molecule has 0 bridgehead atoms. The van der Waals surface area contributed by atoms with Crippen LogP contribution >= 0.6 is 12.2 Å². The normalized spacial score (nSPS) is 24.7. The molecular weight excluding hydrogens is 805 g/mol. The highest BCUT2D eigenvalue weighted by atomic mass is 32.1. The van der Waals surface area contributed by atoms with Gasteiger partial charge in [0.25, 0.3) is 5.91 Å². The highest BCUT2D eigenvalue weighted by Crippen LogP contribution is 2.40. The molecule has 4 aliphatic rings. The lowest BCUT2D eigenvalue weighted by molar-refractivity contribution is -0.197. The van der Waals surface area contributed by atoms with Crippen LogP contribution in [0.5, 0.6) is 0 Å². The number of carbonyl (C=O) groups is 4. The topological polar surface area (TPSA) is 139 Å². The minimum atomic E-state index is -4.87. The van der Waals surface area contributed by atoms with Crippen LogP contribution in [0.3, 0.4) is 0 Å². The number of piperidine rings is 1. The number of nitrogens with zero attached hydrogens (tertiary/aromatic N) is 6. The van der Waals surface area contributed by atoms with Crippen molar-refractivity contribution in [2.75, 3.05) is 44.2 Å². The molecule has 19 heteroatoms. The van der Waals surface area contributed by atoms with Crippen LogP contribution in [0.1, 0.15) is 74.8 Å². The van der Waals surface area contributed by atoms with Crippen molar-refractivity contribution in [3.8, 4) is 6.07 Å². The quantitative estimate of drug-likeness (QED) is 0.176. The standard InChI is InChI=1S/C40H45F6N7O5S/c1-38(2)36(57)52(28-19-31(39(41,42)43)32(20-47)48-21-28)37(59)53(38)27-7-9-30(10-8-27)58-15-14-50-12-13-51(33(23-50)40(44,45)46)22-29(54)18-25-5-3-4-24(16-25)17-26-6-11-34(55)49-35(26)56/h3-5,16,19,21,26-27,30,33H,6-15,17-18,22-23H2,1-2H3,(H,49,55,56)/t26-,27?,30?,33-/m1/s1. The lowest BCUT2D eigenvalue weighted by Crippen LogP contribution is -2.60. The highest BCUT2D eigenvalue weighted by Gasteiger charge is 2.53. The van der Waals surface area contributed by atoms with Gasteiger partial charge in [-0.15, -0.1) is 0 Å². The predicted octanol–water partition coefficient (Wildman–Crippen LogP) is 4.97. The van der Waals surface area contributed by atoms with Crippen molar-refractivity contribution in [2.24, 2.45) is 5.92 Å². The van der Waals surface area contributed by atoms with Crippen molar-refractivity contribution in [2.45, 2.75) is 101 Å². The number of nitrogens with one attached hydrogen (secondary N) is 1. The monoisotopic (exact) mass is 849 g/mol. The molecule has 1 saturated carbocycles. The van der Waals surface area contributed by atoms with E-state index in [4.69, 9.17) is 22.2 Å². The number of rotatable bonds is 12. The third-order valence-electron chi connectivity index (χ3n) is 11.6. The number of imide groups is 1. The first-order chi connectivity index (χ1) is 27.8. The fourth-order valence-electron chi connectivity index (χ4n) is 8.52. The molecule has 1 aromatic carbocycles. The van der Waals surface area contributed by atoms with E-state index in [0.717, 1.165) is 16.7 Å². The lowest BCUT2D eigenvalue weighted by Gasteiger charge is -2.42. The number of aromatic nitrogens is 1. The van der Waals surface area contributed by atoms with E-state index in [1.165, 1.54) is 11.0 Å². The van der Waals surface area contributed by atoms with E-state index in [1.54, 1.807) is 41.8 Å². The van der Waals surface area contributed by atoms with Crippen molar-refractivity contribution in [1.29, 1.82) is 5.26 Å². The van der Waals surface area contributed by atoms with E-state index in [9.17, 15) is 45.5 Å². The lowest BCUT2D eigenvalue weighted by atomic mass is 9.89. The SMILES string of the molecule is CC1(C)C(=O)N(c2cnc(C#N)c(C(F)(F)F)c2)C(=S)N1C1CCC(OCCN2CCN(CC(=O)Cc3cccc(C[C@H]4CCC(=O)NC4=O)c3)[C@@H](C(F)(F)F)C2)CC1. The number of ether oxygens (including phenoxy) is 1. The molecule has 3 amide bonds. The van der Waals surface area contributed by atoms with Crippen LogP contribution in [0, 0.1) is 17.2 Å². The van der Waals surface area contributed by atoms with E-state index < -0.39 is 41.1 Å². The predicted molar refractivity (Wildman–Crippen MR) is 205 cm³/mol. The molecule has 3 saturated heterocycles. The van der Waals surface area contributed by atoms with Crippen LogP contribution in [0.2, 0.25) is 0 Å². The van der Waals surface area contributed by atoms with E-state index >= 15 is 0 Å². The van der Waals surface area contributed by atoms with E-state index in [0.29, 0.717) is 56.7 Å². The number of benzene rings is 1. The number of carbonyl (C=O) groups excluding carboxylic acids is 4. The average Bonchev–Trinajstić information content (AvgIpc) is 3.34. The van der Waals surface area contributed by atoms with Gasteiger partial charge >= 0.3 is 12.4 Å². The second kappa shape index (κ2) is 17.6. The Labute approximate surface area is 342 Å². The van der Waals surface area contributed by atoms with Crippen LogP contribution in [-0.2, 0) is 42.9 Å². The molecule has 2 atom stereocenters. The van der Waals surface area contributed by atoms with Crippen molar-refractivity contribution in [3.05, 3.63) is 58.9 Å². The third kappa shape index (κ3) is 10.1. The van der Waals surface area contributed by atoms with Gasteiger partial charge in [-0.1, -0.05) is 24.3 Å². The molecule has 1 aliphatic carbocycles. The fraction of sp³-hybridized carbons (Fsp3) is 0.575. The van der Waals surface area contributed by atoms with Gasteiger partial charge in [0.15, 0.2) is 16.6 Å².